The second-order valence-electron chi connectivity index (χ2n) is 3.90. The Morgan fingerprint density at radius 1 is 0.789 bits per heavy atom. The van der Waals surface area contributed by atoms with E-state index in [-0.39, 0.29) is 0 Å². The maximum absolute atomic E-state index is 10.3. The van der Waals surface area contributed by atoms with Gasteiger partial charge in [-0.1, -0.05) is 0 Å². The van der Waals surface area contributed by atoms with Gasteiger partial charge >= 0.3 is 18.0 Å². The number of piperidine rings is 1. The molecule has 1 aliphatic heterocycles. The molecular weight excluding hydrogens is 262 g/mol. The maximum Gasteiger partial charge on any atom is 0.407 e. The molecule has 1 amide bonds. The van der Waals surface area contributed by atoms with E-state index in [1.807, 2.05) is 0 Å². The fraction of sp³-hybridized carbons (Fsp3) is 0.700. The first-order chi connectivity index (χ1) is 8.77. The third-order valence-electron chi connectivity index (χ3n) is 2.43. The second kappa shape index (κ2) is 8.27. The van der Waals surface area contributed by atoms with Crippen molar-refractivity contribution in [2.45, 2.75) is 31.5 Å². The van der Waals surface area contributed by atoms with Gasteiger partial charge in [0.1, 0.15) is 0 Å². The van der Waals surface area contributed by atoms with E-state index in [1.165, 1.54) is 11.3 Å². The zero-order chi connectivity index (χ0) is 15.0. The number of carbonyl (C=O) groups is 3. The van der Waals surface area contributed by atoms with Gasteiger partial charge in [-0.25, -0.2) is 14.4 Å². The topological polar surface area (TPSA) is 156 Å². The van der Waals surface area contributed by atoms with Crippen LogP contribution < -0.4 is 0 Å². The number of aliphatic hydroxyl groups excluding tert-OH is 2. The molecule has 19 heavy (non-hydrogen) atoms. The zero-order valence-electron chi connectivity index (χ0n) is 10.1. The average Bonchev–Trinajstić information content (AvgIpc) is 2.38. The Bertz CT molecular complexity index is 307. The standard InChI is InChI=1S/C6H11NO2.C4H6O6/c8-6(9)7-4-2-1-3-5-7;5-1(3(7)8)2(6)4(9)10/h1-5H2,(H,8,9);1-2,5-6H,(H,7,8)(H,9,10)/t;1-,2-/m.0/s1. The Balaban J connectivity index is 0.000000342. The summed E-state index contributed by atoms with van der Waals surface area (Å²) in [6, 6.07) is 0. The molecule has 0 aromatic rings. The molecule has 0 saturated carbocycles. The minimum Gasteiger partial charge on any atom is -0.479 e. The number of rotatable bonds is 3. The number of amides is 1. The molecule has 0 aromatic carbocycles. The van der Waals surface area contributed by atoms with Crippen molar-refractivity contribution in [3.05, 3.63) is 0 Å². The molecule has 1 rings (SSSR count). The molecule has 1 aliphatic rings. The fourth-order valence-electron chi connectivity index (χ4n) is 1.36. The van der Waals surface area contributed by atoms with Crippen LogP contribution in [0.4, 0.5) is 4.79 Å². The first-order valence-electron chi connectivity index (χ1n) is 5.57. The Morgan fingerprint density at radius 3 is 1.37 bits per heavy atom. The molecule has 1 heterocycles. The van der Waals surface area contributed by atoms with E-state index in [0.717, 1.165) is 25.9 Å². The van der Waals surface area contributed by atoms with Crippen molar-refractivity contribution in [2.75, 3.05) is 13.1 Å². The smallest absolute Gasteiger partial charge is 0.407 e. The van der Waals surface area contributed by atoms with Gasteiger partial charge in [0, 0.05) is 13.1 Å². The summed E-state index contributed by atoms with van der Waals surface area (Å²) in [6.07, 6.45) is -2.05. The number of hydrogen-bond donors (Lipinski definition) is 5. The Hall–Kier alpha value is -1.87. The summed E-state index contributed by atoms with van der Waals surface area (Å²) in [5, 5.41) is 41.0. The highest BCUT2D eigenvalue weighted by atomic mass is 16.4. The van der Waals surface area contributed by atoms with E-state index in [1.54, 1.807) is 0 Å². The number of aliphatic hydroxyl groups is 2. The number of nitrogens with zero attached hydrogens (tertiary/aromatic N) is 1. The zero-order valence-corrected chi connectivity index (χ0v) is 10.1. The molecule has 0 unspecified atom stereocenters. The van der Waals surface area contributed by atoms with Crippen LogP contribution in [0.2, 0.25) is 0 Å². The van der Waals surface area contributed by atoms with Gasteiger partial charge in [0.05, 0.1) is 0 Å². The van der Waals surface area contributed by atoms with Crippen LogP contribution in [0.25, 0.3) is 0 Å². The lowest BCUT2D eigenvalue weighted by Crippen LogP contribution is -2.39. The van der Waals surface area contributed by atoms with Gasteiger partial charge in [-0.15, -0.1) is 0 Å². The first-order valence-corrected chi connectivity index (χ1v) is 5.57. The lowest BCUT2D eigenvalue weighted by molar-refractivity contribution is -0.165. The largest absolute Gasteiger partial charge is 0.479 e. The van der Waals surface area contributed by atoms with Gasteiger partial charge in [-0.05, 0) is 19.3 Å². The highest BCUT2D eigenvalue weighted by molar-refractivity contribution is 5.83. The van der Waals surface area contributed by atoms with Crippen LogP contribution >= 0.6 is 0 Å². The van der Waals surface area contributed by atoms with Crippen molar-refractivity contribution in [1.29, 1.82) is 0 Å². The lowest BCUT2D eigenvalue weighted by atomic mass is 10.1. The molecule has 2 atom stereocenters. The third-order valence-corrected chi connectivity index (χ3v) is 2.43. The van der Waals surface area contributed by atoms with Crippen LogP contribution in [0.15, 0.2) is 0 Å². The van der Waals surface area contributed by atoms with E-state index in [0.29, 0.717) is 0 Å². The third kappa shape index (κ3) is 6.58. The van der Waals surface area contributed by atoms with E-state index in [2.05, 4.69) is 0 Å². The van der Waals surface area contributed by atoms with E-state index < -0.39 is 30.2 Å². The van der Waals surface area contributed by atoms with Crippen molar-refractivity contribution in [2.24, 2.45) is 0 Å². The van der Waals surface area contributed by atoms with Crippen LogP contribution in [-0.4, -0.2) is 73.8 Å². The molecule has 1 fully saturated rings. The number of hydrogen-bond acceptors (Lipinski definition) is 5. The van der Waals surface area contributed by atoms with Crippen molar-refractivity contribution < 1.29 is 39.9 Å². The van der Waals surface area contributed by atoms with Crippen LogP contribution in [0.3, 0.4) is 0 Å². The van der Waals surface area contributed by atoms with Crippen molar-refractivity contribution in [3.8, 4) is 0 Å². The van der Waals surface area contributed by atoms with Crippen LogP contribution in [0.5, 0.6) is 0 Å². The normalized spacial score (nSPS) is 17.7. The second-order valence-corrected chi connectivity index (χ2v) is 3.90. The summed E-state index contributed by atoms with van der Waals surface area (Å²) in [7, 11) is 0. The monoisotopic (exact) mass is 279 g/mol. The first kappa shape index (κ1) is 17.1. The maximum atomic E-state index is 10.3. The predicted octanol–water partition coefficient (Wildman–Crippen LogP) is -0.972. The van der Waals surface area contributed by atoms with Crippen molar-refractivity contribution in [3.63, 3.8) is 0 Å². The van der Waals surface area contributed by atoms with E-state index in [9.17, 15) is 14.4 Å². The minimum atomic E-state index is -2.27. The van der Waals surface area contributed by atoms with Gasteiger partial charge in [0.25, 0.3) is 0 Å². The number of carboxylic acids is 2. The van der Waals surface area contributed by atoms with Crippen LogP contribution in [-0.2, 0) is 9.59 Å². The lowest BCUT2D eigenvalue weighted by Gasteiger charge is -2.22. The summed E-state index contributed by atoms with van der Waals surface area (Å²) >= 11 is 0. The Morgan fingerprint density at radius 2 is 1.16 bits per heavy atom. The summed E-state index contributed by atoms with van der Waals surface area (Å²) in [6.45, 7) is 1.46. The van der Waals surface area contributed by atoms with E-state index in [4.69, 9.17) is 25.5 Å². The molecule has 1 saturated heterocycles. The molecule has 0 aromatic heterocycles. The van der Waals surface area contributed by atoms with Crippen LogP contribution in [0.1, 0.15) is 19.3 Å². The van der Waals surface area contributed by atoms with Gasteiger partial charge in [-0.2, -0.15) is 0 Å². The average molecular weight is 279 g/mol. The Labute approximate surface area is 108 Å². The van der Waals surface area contributed by atoms with Gasteiger partial charge < -0.3 is 30.4 Å². The fourth-order valence-corrected chi connectivity index (χ4v) is 1.36. The summed E-state index contributed by atoms with van der Waals surface area (Å²) < 4.78 is 0. The molecular formula is C10H17NO8. The molecule has 0 radical (unpaired) electrons. The number of carboxylic acid groups (broad SMARTS) is 3. The summed E-state index contributed by atoms with van der Waals surface area (Å²) in [5.74, 6) is -3.54. The van der Waals surface area contributed by atoms with Gasteiger partial charge in [-0.3, -0.25) is 0 Å². The summed E-state index contributed by atoms with van der Waals surface area (Å²) in [5.41, 5.74) is 0. The quantitative estimate of drug-likeness (QED) is 0.441. The minimum absolute atomic E-state index is 0.731. The molecule has 9 heteroatoms. The summed E-state index contributed by atoms with van der Waals surface area (Å²) in [4.78, 5) is 31.3. The number of likely N-dealkylation sites (tertiary alicyclic amines) is 1. The molecule has 9 nitrogen and oxygen atoms in total. The highest BCUT2D eigenvalue weighted by Gasteiger charge is 2.29. The molecule has 0 spiro atoms. The highest BCUT2D eigenvalue weighted by Crippen LogP contribution is 2.07. The predicted molar refractivity (Wildman–Crippen MR) is 60.7 cm³/mol. The van der Waals surface area contributed by atoms with Crippen molar-refractivity contribution in [1.82, 2.24) is 4.90 Å². The molecule has 0 bridgehead atoms. The van der Waals surface area contributed by atoms with Crippen molar-refractivity contribution >= 4 is 18.0 Å². The molecule has 110 valence electrons. The van der Waals surface area contributed by atoms with Gasteiger partial charge in [0.15, 0.2) is 12.2 Å². The Kier molecular flexibility index (Phi) is 7.46. The van der Waals surface area contributed by atoms with Gasteiger partial charge in [0.2, 0.25) is 0 Å². The number of aliphatic carboxylic acids is 2. The molecule has 5 N–H and O–H groups in total. The van der Waals surface area contributed by atoms with Crippen LogP contribution in [0, 0.1) is 0 Å². The molecule has 0 aliphatic carbocycles. The van der Waals surface area contributed by atoms with E-state index >= 15 is 0 Å². The SMILES string of the molecule is O=C(O)N1CCCCC1.O=C(O)[C@@H](O)[C@H](O)C(=O)O.